The molecule has 4 nitrogen and oxygen atoms in total. The number of hydrogen-bond donors (Lipinski definition) is 0. The van der Waals surface area contributed by atoms with Crippen molar-refractivity contribution in [3.05, 3.63) is 0 Å². The van der Waals surface area contributed by atoms with Crippen LogP contribution in [0.5, 0.6) is 0 Å². The van der Waals surface area contributed by atoms with Crippen molar-refractivity contribution >= 4 is 15.7 Å². The number of rotatable bonds is 14. The molecule has 0 unspecified atom stereocenters. The van der Waals surface area contributed by atoms with Gasteiger partial charge in [0.2, 0.25) is 7.37 Å². The van der Waals surface area contributed by atoms with Gasteiger partial charge in [0.25, 0.3) is 0 Å². The highest BCUT2D eigenvalue weighted by Gasteiger charge is 2.35. The summed E-state index contributed by atoms with van der Waals surface area (Å²) in [6.07, 6.45) is 1.17. The molecule has 0 aliphatic rings. The first kappa shape index (κ1) is 27.3. The van der Waals surface area contributed by atoms with Crippen molar-refractivity contribution in [1.82, 2.24) is 9.80 Å². The molecule has 0 saturated carbocycles. The standard InChI is InChI=1S/C21H49N2O2PSi/c1-18(2)12-22(13-19(3)4)16-26(24,25-27(9,10)11)17-23(14-20(5)6)15-21(7)8/h18-21H,12-17H2,1-11H3. The molecule has 0 N–H and O–H groups in total. The van der Waals surface area contributed by atoms with Gasteiger partial charge in [0.15, 0.2) is 8.32 Å². The summed E-state index contributed by atoms with van der Waals surface area (Å²) in [7, 11) is -4.67. The van der Waals surface area contributed by atoms with Crippen LogP contribution in [0.1, 0.15) is 55.4 Å². The third-order valence-electron chi connectivity index (χ3n) is 3.76. The molecule has 0 aliphatic carbocycles. The molecule has 0 bridgehead atoms. The molecule has 6 heteroatoms. The van der Waals surface area contributed by atoms with E-state index in [4.69, 9.17) is 4.21 Å². The van der Waals surface area contributed by atoms with Gasteiger partial charge >= 0.3 is 0 Å². The minimum absolute atomic E-state index is 0.562. The molecule has 0 heterocycles. The Morgan fingerprint density at radius 2 is 0.926 bits per heavy atom. The Kier molecular flexibility index (Phi) is 12.3. The first-order valence-electron chi connectivity index (χ1n) is 10.9. The second kappa shape index (κ2) is 12.1. The second-order valence-corrected chi connectivity index (χ2v) is 18.1. The molecule has 0 radical (unpaired) electrons. The summed E-state index contributed by atoms with van der Waals surface area (Å²) in [5.74, 6) is 2.25. The van der Waals surface area contributed by atoms with Crippen molar-refractivity contribution in [3.8, 4) is 0 Å². The predicted octanol–water partition coefficient (Wildman–Crippen LogP) is 6.26. The Hall–Kier alpha value is 0.327. The van der Waals surface area contributed by atoms with Crippen LogP contribution in [0.15, 0.2) is 0 Å². The maximum absolute atomic E-state index is 14.1. The van der Waals surface area contributed by atoms with Crippen LogP contribution in [0.2, 0.25) is 19.6 Å². The summed E-state index contributed by atoms with van der Waals surface area (Å²) >= 11 is 0. The highest BCUT2D eigenvalue weighted by atomic mass is 31.2. The lowest BCUT2D eigenvalue weighted by molar-refractivity contribution is 0.225. The average molecular weight is 421 g/mol. The Balaban J connectivity index is 5.54. The average Bonchev–Trinajstić information content (AvgIpc) is 2.30. The van der Waals surface area contributed by atoms with E-state index in [9.17, 15) is 4.57 Å². The number of hydrogen-bond acceptors (Lipinski definition) is 4. The maximum atomic E-state index is 14.1. The van der Waals surface area contributed by atoms with E-state index in [1.165, 1.54) is 0 Å². The van der Waals surface area contributed by atoms with Crippen molar-refractivity contribution < 1.29 is 8.78 Å². The topological polar surface area (TPSA) is 32.8 Å². The van der Waals surface area contributed by atoms with Crippen LogP contribution in [-0.2, 0) is 8.78 Å². The van der Waals surface area contributed by atoms with E-state index < -0.39 is 15.7 Å². The van der Waals surface area contributed by atoms with E-state index in [0.717, 1.165) is 26.2 Å². The summed E-state index contributed by atoms with van der Waals surface area (Å²) in [6, 6.07) is 0. The summed E-state index contributed by atoms with van der Waals surface area (Å²) in [5.41, 5.74) is 0. The van der Waals surface area contributed by atoms with Gasteiger partial charge in [-0.25, -0.2) is 0 Å². The van der Waals surface area contributed by atoms with Gasteiger partial charge in [0.1, 0.15) is 0 Å². The molecular weight excluding hydrogens is 371 g/mol. The van der Waals surface area contributed by atoms with Crippen molar-refractivity contribution in [2.45, 2.75) is 75.0 Å². The van der Waals surface area contributed by atoms with Gasteiger partial charge in [-0.3, -0.25) is 14.4 Å². The minimum Gasteiger partial charge on any atom is -0.368 e. The fourth-order valence-electron chi connectivity index (χ4n) is 3.66. The van der Waals surface area contributed by atoms with Crippen LogP contribution >= 0.6 is 7.37 Å². The molecule has 27 heavy (non-hydrogen) atoms. The third-order valence-corrected chi connectivity index (χ3v) is 8.95. The van der Waals surface area contributed by atoms with Gasteiger partial charge in [-0.1, -0.05) is 55.4 Å². The predicted molar refractivity (Wildman–Crippen MR) is 124 cm³/mol. The molecule has 0 aromatic carbocycles. The lowest BCUT2D eigenvalue weighted by Crippen LogP contribution is -2.39. The van der Waals surface area contributed by atoms with Gasteiger partial charge in [-0.15, -0.1) is 0 Å². The van der Waals surface area contributed by atoms with Gasteiger partial charge in [-0.05, 0) is 43.3 Å². The molecule has 0 spiro atoms. The van der Waals surface area contributed by atoms with Crippen molar-refractivity contribution in [2.24, 2.45) is 23.7 Å². The highest BCUT2D eigenvalue weighted by Crippen LogP contribution is 2.51. The van der Waals surface area contributed by atoms with E-state index in [2.05, 4.69) is 84.8 Å². The first-order chi connectivity index (χ1) is 12.1. The summed E-state index contributed by atoms with van der Waals surface area (Å²) < 4.78 is 20.5. The molecule has 0 aromatic rings. The summed E-state index contributed by atoms with van der Waals surface area (Å²) in [4.78, 5) is 4.78. The zero-order chi connectivity index (χ0) is 21.4. The lowest BCUT2D eigenvalue weighted by atomic mass is 10.1. The van der Waals surface area contributed by atoms with Crippen LogP contribution < -0.4 is 0 Å². The molecule has 164 valence electrons. The van der Waals surface area contributed by atoms with Gasteiger partial charge in [-0.2, -0.15) is 0 Å². The molecule has 0 aliphatic heterocycles. The molecule has 0 amide bonds. The van der Waals surface area contributed by atoms with E-state index >= 15 is 0 Å². The molecular formula is C21H49N2O2PSi. The summed E-state index contributed by atoms with van der Waals surface area (Å²) in [5, 5.41) is 0. The third kappa shape index (κ3) is 14.9. The minimum atomic E-state index is -2.76. The lowest BCUT2D eigenvalue weighted by Gasteiger charge is -2.37. The maximum Gasteiger partial charge on any atom is 0.220 e. The normalized spacial score (nSPS) is 14.0. The van der Waals surface area contributed by atoms with Crippen LogP contribution in [0.25, 0.3) is 0 Å². The fourth-order valence-corrected chi connectivity index (χ4v) is 9.88. The van der Waals surface area contributed by atoms with Gasteiger partial charge in [0, 0.05) is 26.2 Å². The Morgan fingerprint density at radius 1 is 0.667 bits per heavy atom. The zero-order valence-electron chi connectivity index (χ0n) is 20.2. The van der Waals surface area contributed by atoms with Crippen LogP contribution in [0.4, 0.5) is 0 Å². The molecule has 0 fully saturated rings. The van der Waals surface area contributed by atoms with Crippen LogP contribution in [0, 0.1) is 23.7 Å². The Bertz CT molecular complexity index is 398. The largest absolute Gasteiger partial charge is 0.368 e. The van der Waals surface area contributed by atoms with Crippen molar-refractivity contribution in [3.63, 3.8) is 0 Å². The molecule has 0 atom stereocenters. The SMILES string of the molecule is CC(C)CN(CC(C)C)CP(=O)(CN(CC(C)C)CC(C)C)O[Si](C)(C)C. The van der Waals surface area contributed by atoms with E-state index in [1.54, 1.807) is 0 Å². The van der Waals surface area contributed by atoms with Crippen molar-refractivity contribution in [1.29, 1.82) is 0 Å². The van der Waals surface area contributed by atoms with Crippen molar-refractivity contribution in [2.75, 3.05) is 38.8 Å². The Morgan fingerprint density at radius 3 is 1.11 bits per heavy atom. The van der Waals surface area contributed by atoms with Crippen LogP contribution in [-0.4, -0.2) is 56.9 Å². The monoisotopic (exact) mass is 420 g/mol. The molecule has 0 rings (SSSR count). The summed E-state index contributed by atoms with van der Waals surface area (Å²) in [6.45, 7) is 28.3. The second-order valence-electron chi connectivity index (χ2n) is 10.9. The van der Waals surface area contributed by atoms with Crippen LogP contribution in [0.3, 0.4) is 0 Å². The Labute approximate surface area is 172 Å². The quantitative estimate of drug-likeness (QED) is 0.245. The number of nitrogens with zero attached hydrogens (tertiary/aromatic N) is 2. The zero-order valence-corrected chi connectivity index (χ0v) is 22.1. The van der Waals surface area contributed by atoms with E-state index in [1.807, 2.05) is 0 Å². The fraction of sp³-hybridized carbons (Fsp3) is 1.00. The highest BCUT2D eigenvalue weighted by molar-refractivity contribution is 7.60. The first-order valence-corrected chi connectivity index (χ1v) is 16.3. The smallest absolute Gasteiger partial charge is 0.220 e. The van der Waals surface area contributed by atoms with Gasteiger partial charge in [0.05, 0.1) is 12.6 Å². The molecule has 0 saturated heterocycles. The van der Waals surface area contributed by atoms with Gasteiger partial charge < -0.3 is 4.21 Å². The van der Waals surface area contributed by atoms with E-state index in [0.29, 0.717) is 36.2 Å². The molecule has 0 aromatic heterocycles. The van der Waals surface area contributed by atoms with E-state index in [-0.39, 0.29) is 0 Å².